The van der Waals surface area contributed by atoms with Crippen LogP contribution in [0.3, 0.4) is 0 Å². The van der Waals surface area contributed by atoms with Crippen LogP contribution in [-0.2, 0) is 9.53 Å². The van der Waals surface area contributed by atoms with Crippen molar-refractivity contribution >= 4 is 12.0 Å². The smallest absolute Gasteiger partial charge is 0.423 e. The van der Waals surface area contributed by atoms with E-state index in [1.54, 1.807) is 7.05 Å². The molecule has 0 saturated carbocycles. The Morgan fingerprint density at radius 3 is 2.52 bits per heavy atom. The molecule has 1 aliphatic heterocycles. The quantitative estimate of drug-likeness (QED) is 0.614. The van der Waals surface area contributed by atoms with Gasteiger partial charge in [0.25, 0.3) is 0 Å². The largest absolute Gasteiger partial charge is 0.515 e. The third kappa shape index (κ3) is 4.43. The number of carbonyl (C=O) groups excluding carboxylic acids is 2. The zero-order valence-electron chi connectivity index (χ0n) is 14.9. The number of aliphatic hydroxyl groups is 1. The van der Waals surface area contributed by atoms with Crippen LogP contribution in [0.5, 0.6) is 0 Å². The molecule has 1 saturated heterocycles. The van der Waals surface area contributed by atoms with Gasteiger partial charge in [-0.2, -0.15) is 4.79 Å². The second-order valence-corrected chi connectivity index (χ2v) is 7.13. The van der Waals surface area contributed by atoms with Crippen LogP contribution in [0.15, 0.2) is 0 Å². The van der Waals surface area contributed by atoms with E-state index in [9.17, 15) is 14.7 Å². The Bertz CT molecular complexity index is 430. The molecule has 23 heavy (non-hydrogen) atoms. The fourth-order valence-electron chi connectivity index (χ4n) is 3.61. The van der Waals surface area contributed by atoms with E-state index in [0.29, 0.717) is 31.8 Å². The Balaban J connectivity index is 2.68. The summed E-state index contributed by atoms with van der Waals surface area (Å²) in [6, 6.07) is -0.773. The minimum atomic E-state index is -0.661. The van der Waals surface area contributed by atoms with Gasteiger partial charge in [0, 0.05) is 6.54 Å². The third-order valence-electron chi connectivity index (χ3n) is 4.83. The molecule has 0 aliphatic carbocycles. The number of hydrogen-bond acceptors (Lipinski definition) is 5. The number of ether oxygens (including phenoxy) is 1. The van der Waals surface area contributed by atoms with Crippen LogP contribution in [0, 0.1) is 11.8 Å². The molecule has 4 N–H and O–H groups in total. The van der Waals surface area contributed by atoms with E-state index in [1.165, 1.54) is 7.11 Å². The van der Waals surface area contributed by atoms with Gasteiger partial charge in [0.2, 0.25) is 5.91 Å². The molecule has 0 radical (unpaired) electrons. The lowest BCUT2D eigenvalue weighted by Crippen LogP contribution is -2.54. The van der Waals surface area contributed by atoms with Gasteiger partial charge in [-0.1, -0.05) is 20.8 Å². The second kappa shape index (κ2) is 8.08. The minimum Gasteiger partial charge on any atom is -0.423 e. The highest BCUT2D eigenvalue weighted by Gasteiger charge is 2.55. The van der Waals surface area contributed by atoms with Crippen molar-refractivity contribution in [1.82, 2.24) is 5.32 Å². The van der Waals surface area contributed by atoms with Crippen molar-refractivity contribution in [3.63, 3.8) is 0 Å². The molecule has 0 aromatic carbocycles. The molecule has 0 aromatic rings. The lowest BCUT2D eigenvalue weighted by molar-refractivity contribution is -0.853. The number of amides is 2. The number of likely N-dealkylation sites (tertiary alicyclic amines) is 1. The Morgan fingerprint density at radius 1 is 1.43 bits per heavy atom. The Hall–Kier alpha value is -1.18. The fraction of sp³-hybridized carbons (Fsp3) is 0.875. The monoisotopic (exact) mass is 330 g/mol. The summed E-state index contributed by atoms with van der Waals surface area (Å²) in [6.07, 6.45) is 0.253. The van der Waals surface area contributed by atoms with Crippen molar-refractivity contribution in [2.24, 2.45) is 17.6 Å². The zero-order chi connectivity index (χ0) is 17.8. The van der Waals surface area contributed by atoms with Crippen LogP contribution in [0.1, 0.15) is 33.6 Å². The van der Waals surface area contributed by atoms with Crippen LogP contribution < -0.4 is 11.1 Å². The van der Waals surface area contributed by atoms with Crippen LogP contribution in [0.2, 0.25) is 0 Å². The first-order valence-electron chi connectivity index (χ1n) is 8.32. The first kappa shape index (κ1) is 19.9. The summed E-state index contributed by atoms with van der Waals surface area (Å²) >= 11 is 0. The topological polar surface area (TPSA) is 102 Å². The average molecular weight is 330 g/mol. The molecular formula is C16H32N3O4+. The van der Waals surface area contributed by atoms with Crippen LogP contribution in [-0.4, -0.2) is 67.0 Å². The van der Waals surface area contributed by atoms with Gasteiger partial charge in [0.05, 0.1) is 32.7 Å². The molecule has 5 atom stereocenters. The van der Waals surface area contributed by atoms with Crippen molar-refractivity contribution in [2.45, 2.75) is 51.8 Å². The molecule has 2 unspecified atom stereocenters. The number of nitrogens with zero attached hydrogens (tertiary/aromatic N) is 1. The van der Waals surface area contributed by atoms with Gasteiger partial charge in [0.15, 0.2) is 0 Å². The number of nitrogens with one attached hydrogen (secondary N) is 1. The molecule has 0 spiro atoms. The number of rotatable bonds is 6. The van der Waals surface area contributed by atoms with Gasteiger partial charge in [-0.25, -0.2) is 4.48 Å². The first-order chi connectivity index (χ1) is 10.7. The molecule has 0 bridgehead atoms. The predicted molar refractivity (Wildman–Crippen MR) is 87.5 cm³/mol. The number of likely N-dealkylation sites (N-methyl/N-ethyl adjacent to an activating group) is 1. The maximum Gasteiger partial charge on any atom is 0.515 e. The zero-order valence-corrected chi connectivity index (χ0v) is 14.9. The van der Waals surface area contributed by atoms with E-state index in [0.717, 1.165) is 0 Å². The summed E-state index contributed by atoms with van der Waals surface area (Å²) in [4.78, 5) is 24.1. The highest BCUT2D eigenvalue weighted by Crippen LogP contribution is 2.32. The van der Waals surface area contributed by atoms with Gasteiger partial charge in [-0.05, 0) is 18.8 Å². The maximum atomic E-state index is 12.1. The number of hydrogen-bond donors (Lipinski definition) is 3. The molecule has 134 valence electrons. The molecule has 2 amide bonds. The standard InChI is InChI=1S/C16H31N3O4/c1-6-13-14(20)11(9-19(13,4)16(22)23-5)8-18-15(21)12(17)7-10(2)3/h10-14,20H,6-9,17H2,1-5H3/p+1/t11-,12+,13?,14-,19?/m1/s1. The highest BCUT2D eigenvalue weighted by atomic mass is 16.5. The molecule has 7 heteroatoms. The normalized spacial score (nSPS) is 31.9. The number of carbonyl (C=O) groups is 2. The summed E-state index contributed by atoms with van der Waals surface area (Å²) in [5.41, 5.74) is 5.86. The molecular weight excluding hydrogens is 298 g/mol. The predicted octanol–water partition coefficient (Wildman–Crippen LogP) is 0.458. The van der Waals surface area contributed by atoms with Gasteiger partial charge < -0.3 is 20.9 Å². The Labute approximate surface area is 138 Å². The lowest BCUT2D eigenvalue weighted by Gasteiger charge is -2.31. The van der Waals surface area contributed by atoms with Gasteiger partial charge in [-0.3, -0.25) is 4.79 Å². The number of nitrogens with two attached hydrogens (primary N) is 1. The Morgan fingerprint density at radius 2 is 2.04 bits per heavy atom. The van der Waals surface area contributed by atoms with Crippen LogP contribution in [0.25, 0.3) is 0 Å². The highest BCUT2D eigenvalue weighted by molar-refractivity contribution is 5.81. The van der Waals surface area contributed by atoms with Gasteiger partial charge >= 0.3 is 6.09 Å². The van der Waals surface area contributed by atoms with E-state index < -0.39 is 12.1 Å². The summed E-state index contributed by atoms with van der Waals surface area (Å²) < 4.78 is 4.92. The number of methoxy groups -OCH3 is 1. The van der Waals surface area contributed by atoms with Gasteiger partial charge in [0.1, 0.15) is 12.1 Å². The number of aliphatic hydroxyl groups excluding tert-OH is 1. The summed E-state index contributed by atoms with van der Waals surface area (Å²) in [7, 11) is 3.13. The molecule has 1 aliphatic rings. The lowest BCUT2D eigenvalue weighted by atomic mass is 9.99. The van der Waals surface area contributed by atoms with Crippen LogP contribution in [0.4, 0.5) is 4.79 Å². The van der Waals surface area contributed by atoms with Crippen molar-refractivity contribution in [3.05, 3.63) is 0 Å². The summed E-state index contributed by atoms with van der Waals surface area (Å²) in [5.74, 6) is -0.0612. The van der Waals surface area contributed by atoms with E-state index in [1.807, 2.05) is 20.8 Å². The first-order valence-corrected chi connectivity index (χ1v) is 8.32. The molecule has 0 aromatic heterocycles. The third-order valence-corrected chi connectivity index (χ3v) is 4.83. The van der Waals surface area contributed by atoms with E-state index in [4.69, 9.17) is 10.5 Å². The maximum absolute atomic E-state index is 12.1. The van der Waals surface area contributed by atoms with Crippen molar-refractivity contribution in [2.75, 3.05) is 27.2 Å². The molecule has 1 rings (SSSR count). The van der Waals surface area contributed by atoms with E-state index >= 15 is 0 Å². The minimum absolute atomic E-state index is 0.0345. The van der Waals surface area contributed by atoms with Crippen molar-refractivity contribution in [1.29, 1.82) is 0 Å². The van der Waals surface area contributed by atoms with E-state index in [2.05, 4.69) is 5.32 Å². The molecule has 1 fully saturated rings. The van der Waals surface area contributed by atoms with E-state index in [-0.39, 0.29) is 28.4 Å². The van der Waals surface area contributed by atoms with Gasteiger partial charge in [-0.15, -0.1) is 0 Å². The number of quaternary nitrogens is 1. The molecule has 1 heterocycles. The van der Waals surface area contributed by atoms with Crippen molar-refractivity contribution in [3.8, 4) is 0 Å². The second-order valence-electron chi connectivity index (χ2n) is 7.13. The SMILES string of the molecule is CCC1[C@H](O)[C@H](CNC(=O)[C@@H](N)CC(C)C)C[N+]1(C)C(=O)OC. The summed E-state index contributed by atoms with van der Waals surface area (Å²) in [6.45, 7) is 6.71. The Kier molecular flexibility index (Phi) is 6.98. The van der Waals surface area contributed by atoms with Crippen molar-refractivity contribution < 1.29 is 23.9 Å². The molecule has 7 nitrogen and oxygen atoms in total. The summed E-state index contributed by atoms with van der Waals surface area (Å²) in [5, 5.41) is 13.3. The average Bonchev–Trinajstić information content (AvgIpc) is 2.74. The van der Waals surface area contributed by atoms with Crippen LogP contribution >= 0.6 is 0 Å². The fourth-order valence-corrected chi connectivity index (χ4v) is 3.61.